The summed E-state index contributed by atoms with van der Waals surface area (Å²) in [4.78, 5) is 17.4. The van der Waals surface area contributed by atoms with Crippen LogP contribution in [0.3, 0.4) is 0 Å². The maximum Gasteiger partial charge on any atom is 0.254 e. The Morgan fingerprint density at radius 2 is 1.91 bits per heavy atom. The predicted molar refractivity (Wildman–Crippen MR) is 89.1 cm³/mol. The standard InChI is InChI=1S/C18H27N3O/c1-19-9-8-16-4-2-3-5-17(16)18(22)21-12-10-20(11-13-21)14-15-6-7-15/h2-5,15,19H,6-14H2,1H3. The average Bonchev–Trinajstić information content (AvgIpc) is 3.37. The maximum atomic E-state index is 12.8. The zero-order valence-electron chi connectivity index (χ0n) is 13.6. The quantitative estimate of drug-likeness (QED) is 0.867. The van der Waals surface area contributed by atoms with Gasteiger partial charge in [0.1, 0.15) is 0 Å². The van der Waals surface area contributed by atoms with Gasteiger partial charge in [-0.1, -0.05) is 18.2 Å². The Kier molecular flexibility index (Phi) is 5.11. The second-order valence-electron chi connectivity index (χ2n) is 6.55. The van der Waals surface area contributed by atoms with Crippen LogP contribution < -0.4 is 5.32 Å². The van der Waals surface area contributed by atoms with Gasteiger partial charge in [-0.25, -0.2) is 0 Å². The van der Waals surface area contributed by atoms with Gasteiger partial charge in [-0.15, -0.1) is 0 Å². The normalized spacial score (nSPS) is 19.4. The van der Waals surface area contributed by atoms with Crippen LogP contribution in [0.5, 0.6) is 0 Å². The van der Waals surface area contributed by atoms with E-state index in [0.717, 1.165) is 56.2 Å². The maximum absolute atomic E-state index is 12.8. The molecule has 2 aliphatic rings. The van der Waals surface area contributed by atoms with Crippen LogP contribution in [0.4, 0.5) is 0 Å². The van der Waals surface area contributed by atoms with E-state index >= 15 is 0 Å². The van der Waals surface area contributed by atoms with Gasteiger partial charge in [0.2, 0.25) is 0 Å². The lowest BCUT2D eigenvalue weighted by atomic mass is 10.0. The first-order valence-electron chi connectivity index (χ1n) is 8.52. The molecule has 0 atom stereocenters. The first-order chi connectivity index (χ1) is 10.8. The SMILES string of the molecule is CNCCc1ccccc1C(=O)N1CCN(CC2CC2)CC1. The molecule has 0 unspecified atom stereocenters. The Balaban J connectivity index is 1.59. The number of nitrogens with one attached hydrogen (secondary N) is 1. The van der Waals surface area contributed by atoms with Gasteiger partial charge in [-0.05, 0) is 50.4 Å². The minimum absolute atomic E-state index is 0.206. The van der Waals surface area contributed by atoms with Crippen molar-refractivity contribution in [2.45, 2.75) is 19.3 Å². The smallest absolute Gasteiger partial charge is 0.254 e. The van der Waals surface area contributed by atoms with Crippen molar-refractivity contribution in [3.05, 3.63) is 35.4 Å². The van der Waals surface area contributed by atoms with Crippen molar-refractivity contribution >= 4 is 5.91 Å². The van der Waals surface area contributed by atoms with Gasteiger partial charge in [0.25, 0.3) is 5.91 Å². The molecule has 1 saturated carbocycles. The second-order valence-corrected chi connectivity index (χ2v) is 6.55. The van der Waals surface area contributed by atoms with Gasteiger partial charge in [-0.3, -0.25) is 9.69 Å². The molecule has 1 heterocycles. The summed E-state index contributed by atoms with van der Waals surface area (Å²) in [6, 6.07) is 8.05. The largest absolute Gasteiger partial charge is 0.336 e. The molecule has 2 fully saturated rings. The molecule has 22 heavy (non-hydrogen) atoms. The van der Waals surface area contributed by atoms with Crippen molar-refractivity contribution < 1.29 is 4.79 Å². The Morgan fingerprint density at radius 1 is 1.18 bits per heavy atom. The summed E-state index contributed by atoms with van der Waals surface area (Å²) in [5, 5.41) is 3.16. The Hall–Kier alpha value is -1.39. The van der Waals surface area contributed by atoms with E-state index in [0.29, 0.717) is 0 Å². The van der Waals surface area contributed by atoms with Gasteiger partial charge in [0.15, 0.2) is 0 Å². The Bertz CT molecular complexity index is 505. The summed E-state index contributed by atoms with van der Waals surface area (Å²) < 4.78 is 0. The van der Waals surface area contributed by atoms with E-state index in [1.807, 2.05) is 30.1 Å². The molecule has 1 N–H and O–H groups in total. The number of rotatable bonds is 6. The fourth-order valence-electron chi connectivity index (χ4n) is 3.18. The van der Waals surface area contributed by atoms with Crippen LogP contribution in [-0.2, 0) is 6.42 Å². The molecule has 1 aliphatic carbocycles. The van der Waals surface area contributed by atoms with E-state index in [1.165, 1.54) is 19.4 Å². The number of nitrogens with zero attached hydrogens (tertiary/aromatic N) is 2. The summed E-state index contributed by atoms with van der Waals surface area (Å²) in [5.74, 6) is 1.14. The van der Waals surface area contributed by atoms with Gasteiger partial charge in [0.05, 0.1) is 0 Å². The molecule has 1 aliphatic heterocycles. The van der Waals surface area contributed by atoms with Crippen molar-refractivity contribution in [2.24, 2.45) is 5.92 Å². The van der Waals surface area contributed by atoms with Crippen molar-refractivity contribution in [3.63, 3.8) is 0 Å². The molecular weight excluding hydrogens is 274 g/mol. The van der Waals surface area contributed by atoms with Crippen LogP contribution in [0.2, 0.25) is 0 Å². The number of amides is 1. The Morgan fingerprint density at radius 3 is 2.59 bits per heavy atom. The number of carbonyl (C=O) groups excluding carboxylic acids is 1. The summed E-state index contributed by atoms with van der Waals surface area (Å²) in [5.41, 5.74) is 2.04. The number of hydrogen-bond acceptors (Lipinski definition) is 3. The fourth-order valence-corrected chi connectivity index (χ4v) is 3.18. The molecule has 0 spiro atoms. The van der Waals surface area contributed by atoms with Gasteiger partial charge in [-0.2, -0.15) is 0 Å². The molecule has 1 saturated heterocycles. The van der Waals surface area contributed by atoms with Crippen LogP contribution in [0.15, 0.2) is 24.3 Å². The lowest BCUT2D eigenvalue weighted by Gasteiger charge is -2.35. The van der Waals surface area contributed by atoms with E-state index in [-0.39, 0.29) is 5.91 Å². The fraction of sp³-hybridized carbons (Fsp3) is 0.611. The average molecular weight is 301 g/mol. The van der Waals surface area contributed by atoms with E-state index in [1.54, 1.807) is 0 Å². The van der Waals surface area contributed by atoms with Crippen molar-refractivity contribution in [3.8, 4) is 0 Å². The van der Waals surface area contributed by atoms with E-state index in [2.05, 4.69) is 16.3 Å². The summed E-state index contributed by atoms with van der Waals surface area (Å²) in [6.45, 7) is 5.93. The predicted octanol–water partition coefficient (Wildman–Crippen LogP) is 1.62. The third kappa shape index (κ3) is 3.87. The molecular formula is C18H27N3O. The van der Waals surface area contributed by atoms with Crippen molar-refractivity contribution in [1.82, 2.24) is 15.1 Å². The zero-order valence-corrected chi connectivity index (χ0v) is 13.6. The summed E-state index contributed by atoms with van der Waals surface area (Å²) in [7, 11) is 1.95. The lowest BCUT2D eigenvalue weighted by Crippen LogP contribution is -2.49. The molecule has 3 rings (SSSR count). The number of hydrogen-bond donors (Lipinski definition) is 1. The van der Waals surface area contributed by atoms with Gasteiger partial charge >= 0.3 is 0 Å². The van der Waals surface area contributed by atoms with Crippen LogP contribution in [0, 0.1) is 5.92 Å². The zero-order chi connectivity index (χ0) is 15.4. The highest BCUT2D eigenvalue weighted by molar-refractivity contribution is 5.95. The van der Waals surface area contributed by atoms with E-state index in [9.17, 15) is 4.79 Å². The van der Waals surface area contributed by atoms with E-state index in [4.69, 9.17) is 0 Å². The Labute approximate surface area is 133 Å². The van der Waals surface area contributed by atoms with E-state index < -0.39 is 0 Å². The molecule has 4 heteroatoms. The monoisotopic (exact) mass is 301 g/mol. The van der Waals surface area contributed by atoms with Gasteiger partial charge < -0.3 is 10.2 Å². The van der Waals surface area contributed by atoms with Crippen LogP contribution in [0.1, 0.15) is 28.8 Å². The highest BCUT2D eigenvalue weighted by Crippen LogP contribution is 2.30. The van der Waals surface area contributed by atoms with Gasteiger partial charge in [0, 0.05) is 38.3 Å². The summed E-state index contributed by atoms with van der Waals surface area (Å²) >= 11 is 0. The molecule has 0 radical (unpaired) electrons. The molecule has 0 bridgehead atoms. The molecule has 120 valence electrons. The first-order valence-corrected chi connectivity index (χ1v) is 8.52. The lowest BCUT2D eigenvalue weighted by molar-refractivity contribution is 0.0631. The van der Waals surface area contributed by atoms with Crippen LogP contribution >= 0.6 is 0 Å². The van der Waals surface area contributed by atoms with Crippen LogP contribution in [0.25, 0.3) is 0 Å². The highest BCUT2D eigenvalue weighted by Gasteiger charge is 2.28. The highest BCUT2D eigenvalue weighted by atomic mass is 16.2. The van der Waals surface area contributed by atoms with Crippen molar-refractivity contribution in [1.29, 1.82) is 0 Å². The molecule has 1 aromatic rings. The number of carbonyl (C=O) groups is 1. The van der Waals surface area contributed by atoms with Crippen molar-refractivity contribution in [2.75, 3.05) is 46.3 Å². The molecule has 4 nitrogen and oxygen atoms in total. The topological polar surface area (TPSA) is 35.6 Å². The molecule has 1 aromatic carbocycles. The molecule has 0 aromatic heterocycles. The van der Waals surface area contributed by atoms with Crippen LogP contribution in [-0.4, -0.2) is 62.0 Å². The summed E-state index contributed by atoms with van der Waals surface area (Å²) in [6.07, 6.45) is 3.70. The minimum Gasteiger partial charge on any atom is -0.336 e. The molecule has 1 amide bonds. The third-order valence-electron chi connectivity index (χ3n) is 4.76. The first kappa shape index (κ1) is 15.5. The number of benzene rings is 1. The number of likely N-dealkylation sites (N-methyl/N-ethyl adjacent to an activating group) is 1. The number of piperazine rings is 1. The second kappa shape index (κ2) is 7.25. The minimum atomic E-state index is 0.206. The third-order valence-corrected chi connectivity index (χ3v) is 4.76.